The van der Waals surface area contributed by atoms with Gasteiger partial charge in [0.25, 0.3) is 5.91 Å². The highest BCUT2D eigenvalue weighted by Crippen LogP contribution is 2.36. The molecular weight excluding hydrogens is 320 g/mol. The molecule has 6 heteroatoms. The summed E-state index contributed by atoms with van der Waals surface area (Å²) >= 11 is 1.63. The third-order valence-electron chi connectivity index (χ3n) is 3.72. The van der Waals surface area contributed by atoms with E-state index in [-0.39, 0.29) is 17.4 Å². The summed E-state index contributed by atoms with van der Waals surface area (Å²) in [6, 6.07) is 8.05. The zero-order chi connectivity index (χ0) is 16.4. The van der Waals surface area contributed by atoms with E-state index >= 15 is 0 Å². The number of benzene rings is 2. The van der Waals surface area contributed by atoms with Crippen LogP contribution < -0.4 is 10.1 Å². The van der Waals surface area contributed by atoms with Crippen molar-refractivity contribution in [3.63, 3.8) is 0 Å². The number of ether oxygens (including phenoxy) is 1. The molecule has 1 N–H and O–H groups in total. The van der Waals surface area contributed by atoms with Crippen molar-refractivity contribution < 1.29 is 18.3 Å². The Hall–Kier alpha value is -2.08. The molecule has 1 unspecified atom stereocenters. The normalized spacial score (nSPS) is 16.6. The molecule has 120 valence electrons. The summed E-state index contributed by atoms with van der Waals surface area (Å²) in [7, 11) is 1.42. The third-order valence-corrected chi connectivity index (χ3v) is 4.85. The number of methoxy groups -OCH3 is 1. The van der Waals surface area contributed by atoms with Crippen molar-refractivity contribution in [1.82, 2.24) is 5.32 Å². The molecule has 0 spiro atoms. The number of hydrogen-bond acceptors (Lipinski definition) is 3. The maximum Gasteiger partial charge on any atom is 0.255 e. The highest BCUT2D eigenvalue weighted by molar-refractivity contribution is 7.99. The van der Waals surface area contributed by atoms with Crippen LogP contribution in [0, 0.1) is 11.6 Å². The van der Waals surface area contributed by atoms with Gasteiger partial charge in [0.2, 0.25) is 0 Å². The Morgan fingerprint density at radius 3 is 2.74 bits per heavy atom. The summed E-state index contributed by atoms with van der Waals surface area (Å²) in [5.74, 6) is -0.165. The molecule has 3 nitrogen and oxygen atoms in total. The van der Waals surface area contributed by atoms with Gasteiger partial charge in [-0.05, 0) is 48.4 Å². The number of carbonyl (C=O) groups is 1. The minimum absolute atomic E-state index is 0.128. The number of carbonyl (C=O) groups excluding carboxylic acids is 1. The van der Waals surface area contributed by atoms with Crippen LogP contribution in [-0.2, 0) is 0 Å². The monoisotopic (exact) mass is 335 g/mol. The van der Waals surface area contributed by atoms with E-state index in [0.29, 0.717) is 12.2 Å². The van der Waals surface area contributed by atoms with E-state index in [0.717, 1.165) is 22.3 Å². The van der Waals surface area contributed by atoms with Crippen molar-refractivity contribution in [2.45, 2.75) is 17.4 Å². The average molecular weight is 335 g/mol. The predicted molar refractivity (Wildman–Crippen MR) is 84.9 cm³/mol. The van der Waals surface area contributed by atoms with E-state index in [1.807, 2.05) is 0 Å². The highest BCUT2D eigenvalue weighted by Gasteiger charge is 2.24. The van der Waals surface area contributed by atoms with E-state index < -0.39 is 11.7 Å². The Labute approximate surface area is 137 Å². The summed E-state index contributed by atoms with van der Waals surface area (Å²) in [4.78, 5) is 13.4. The first-order chi connectivity index (χ1) is 11.1. The van der Waals surface area contributed by atoms with Crippen molar-refractivity contribution >= 4 is 17.7 Å². The van der Waals surface area contributed by atoms with Crippen LogP contribution >= 0.6 is 11.8 Å². The summed E-state index contributed by atoms with van der Waals surface area (Å²) < 4.78 is 32.0. The lowest BCUT2D eigenvalue weighted by Gasteiger charge is -2.26. The van der Waals surface area contributed by atoms with Gasteiger partial charge in [-0.25, -0.2) is 8.78 Å². The minimum Gasteiger partial charge on any atom is -0.496 e. The van der Waals surface area contributed by atoms with E-state index in [2.05, 4.69) is 5.32 Å². The zero-order valence-electron chi connectivity index (χ0n) is 12.4. The van der Waals surface area contributed by atoms with Crippen molar-refractivity contribution in [2.24, 2.45) is 0 Å². The largest absolute Gasteiger partial charge is 0.496 e. The molecule has 0 fully saturated rings. The lowest BCUT2D eigenvalue weighted by Crippen LogP contribution is -2.31. The first-order valence-corrected chi connectivity index (χ1v) is 8.13. The number of halogens is 2. The van der Waals surface area contributed by atoms with Gasteiger partial charge in [-0.2, -0.15) is 0 Å². The van der Waals surface area contributed by atoms with E-state index in [1.165, 1.54) is 31.4 Å². The van der Waals surface area contributed by atoms with Gasteiger partial charge in [0.1, 0.15) is 17.4 Å². The Morgan fingerprint density at radius 1 is 1.22 bits per heavy atom. The van der Waals surface area contributed by atoms with Gasteiger partial charge in [0.15, 0.2) is 0 Å². The number of hydrogen-bond donors (Lipinski definition) is 1. The maximum atomic E-state index is 13.5. The van der Waals surface area contributed by atoms with Crippen LogP contribution in [0.3, 0.4) is 0 Å². The Bertz CT molecular complexity index is 751. The van der Waals surface area contributed by atoms with Gasteiger partial charge in [-0.3, -0.25) is 4.79 Å². The van der Waals surface area contributed by atoms with Crippen LogP contribution in [0.4, 0.5) is 8.78 Å². The summed E-state index contributed by atoms with van der Waals surface area (Å²) in [5, 5.41) is 2.85. The lowest BCUT2D eigenvalue weighted by molar-refractivity contribution is 0.0931. The number of fused-ring (bicyclic) bond motifs is 1. The molecule has 2 aromatic rings. The van der Waals surface area contributed by atoms with Crippen molar-refractivity contribution in [1.29, 1.82) is 0 Å². The first kappa shape index (κ1) is 15.8. The van der Waals surface area contributed by atoms with Crippen molar-refractivity contribution in [3.05, 3.63) is 59.2 Å². The molecule has 0 aliphatic carbocycles. The Kier molecular flexibility index (Phi) is 4.52. The molecular formula is C17H15F2NO2S. The zero-order valence-corrected chi connectivity index (χ0v) is 13.3. The van der Waals surface area contributed by atoms with Crippen LogP contribution in [0.15, 0.2) is 41.3 Å². The second-order valence-electron chi connectivity index (χ2n) is 5.19. The maximum absolute atomic E-state index is 13.5. The molecule has 0 aromatic heterocycles. The topological polar surface area (TPSA) is 38.3 Å². The van der Waals surface area contributed by atoms with Crippen LogP contribution in [0.25, 0.3) is 0 Å². The molecule has 0 bridgehead atoms. The van der Waals surface area contributed by atoms with E-state index in [4.69, 9.17) is 4.74 Å². The molecule has 23 heavy (non-hydrogen) atoms. The Morgan fingerprint density at radius 2 is 1.96 bits per heavy atom. The number of amides is 1. The molecule has 1 amide bonds. The molecule has 2 aromatic carbocycles. The molecule has 0 saturated carbocycles. The van der Waals surface area contributed by atoms with Crippen LogP contribution in [0.1, 0.15) is 28.4 Å². The van der Waals surface area contributed by atoms with Gasteiger partial charge in [-0.1, -0.05) is 0 Å². The highest BCUT2D eigenvalue weighted by atomic mass is 32.2. The summed E-state index contributed by atoms with van der Waals surface area (Å²) in [5.41, 5.74) is 0.883. The Balaban J connectivity index is 1.87. The summed E-state index contributed by atoms with van der Waals surface area (Å²) in [6.45, 7) is 0. The molecule has 0 radical (unpaired) electrons. The molecule has 1 heterocycles. The second-order valence-corrected chi connectivity index (χ2v) is 6.33. The number of thioether (sulfide) groups is 1. The van der Waals surface area contributed by atoms with Gasteiger partial charge in [0.05, 0.1) is 18.7 Å². The van der Waals surface area contributed by atoms with E-state index in [1.54, 1.807) is 17.8 Å². The van der Waals surface area contributed by atoms with Crippen LogP contribution in [-0.4, -0.2) is 18.8 Å². The molecule has 1 aliphatic rings. The summed E-state index contributed by atoms with van der Waals surface area (Å²) in [6.07, 6.45) is 0.685. The molecule has 1 atom stereocenters. The van der Waals surface area contributed by atoms with Gasteiger partial charge in [-0.15, -0.1) is 11.8 Å². The van der Waals surface area contributed by atoms with Gasteiger partial charge >= 0.3 is 0 Å². The number of nitrogens with one attached hydrogen (secondary N) is 1. The first-order valence-electron chi connectivity index (χ1n) is 7.15. The SMILES string of the molecule is COc1ccc(F)cc1C(=O)NC1CCSc2ccc(F)cc21. The fourth-order valence-corrected chi connectivity index (χ4v) is 3.71. The van der Waals surface area contributed by atoms with Crippen LogP contribution in [0.5, 0.6) is 5.75 Å². The van der Waals surface area contributed by atoms with Gasteiger partial charge in [0, 0.05) is 10.6 Å². The fraction of sp³-hybridized carbons (Fsp3) is 0.235. The number of rotatable bonds is 3. The standard InChI is InChI=1S/C17H15F2NO2S/c1-22-15-4-2-10(18)9-13(15)17(21)20-14-6-7-23-16-5-3-11(19)8-12(14)16/h2-5,8-9,14H,6-7H2,1H3,(H,20,21). The molecule has 0 saturated heterocycles. The fourth-order valence-electron chi connectivity index (χ4n) is 2.61. The lowest BCUT2D eigenvalue weighted by atomic mass is 10.0. The third kappa shape index (κ3) is 3.32. The quantitative estimate of drug-likeness (QED) is 0.923. The molecule has 3 rings (SSSR count). The van der Waals surface area contributed by atoms with E-state index in [9.17, 15) is 13.6 Å². The van der Waals surface area contributed by atoms with Gasteiger partial charge < -0.3 is 10.1 Å². The minimum atomic E-state index is -0.512. The van der Waals surface area contributed by atoms with Crippen molar-refractivity contribution in [2.75, 3.05) is 12.9 Å². The average Bonchev–Trinajstić information content (AvgIpc) is 2.55. The van der Waals surface area contributed by atoms with Crippen LogP contribution in [0.2, 0.25) is 0 Å². The molecule has 1 aliphatic heterocycles. The van der Waals surface area contributed by atoms with Crippen molar-refractivity contribution in [3.8, 4) is 5.75 Å². The smallest absolute Gasteiger partial charge is 0.255 e. The predicted octanol–water partition coefficient (Wildman–Crippen LogP) is 3.94. The second kappa shape index (κ2) is 6.58.